The Kier molecular flexibility index (Phi) is 11.8. The Morgan fingerprint density at radius 3 is 2.71 bits per heavy atom. The molecule has 0 aromatic carbocycles. The Morgan fingerprint density at radius 1 is 1.35 bits per heavy atom. The minimum atomic E-state index is -0.418. The normalized spacial score (nSPS) is 14.5. The van der Waals surface area contributed by atoms with Crippen molar-refractivity contribution in [1.82, 2.24) is 5.32 Å². The summed E-state index contributed by atoms with van der Waals surface area (Å²) in [6.45, 7) is 10.5. The molecule has 0 aromatic rings. The third kappa shape index (κ3) is 10.5. The van der Waals surface area contributed by atoms with Crippen molar-refractivity contribution >= 4 is 0 Å². The van der Waals surface area contributed by atoms with Crippen LogP contribution < -0.4 is 5.32 Å². The van der Waals surface area contributed by atoms with Crippen molar-refractivity contribution in [2.45, 2.75) is 45.6 Å². The molecule has 0 aliphatic heterocycles. The van der Waals surface area contributed by atoms with Crippen LogP contribution >= 0.6 is 0 Å². The first-order valence-corrected chi connectivity index (χ1v) is 6.81. The Hall–Kier alpha value is -0.380. The van der Waals surface area contributed by atoms with Crippen LogP contribution in [0, 0.1) is 5.92 Å². The van der Waals surface area contributed by atoms with Crippen molar-refractivity contribution in [2.75, 3.05) is 26.3 Å². The molecule has 0 saturated carbocycles. The highest BCUT2D eigenvalue weighted by atomic mass is 16.5. The van der Waals surface area contributed by atoms with Crippen LogP contribution in [-0.2, 0) is 4.74 Å². The van der Waals surface area contributed by atoms with Gasteiger partial charge in [0, 0.05) is 19.7 Å². The molecule has 0 amide bonds. The van der Waals surface area contributed by atoms with Crippen LogP contribution in [0.25, 0.3) is 0 Å². The number of rotatable bonds is 12. The van der Waals surface area contributed by atoms with Crippen LogP contribution in [0.1, 0.15) is 39.5 Å². The lowest BCUT2D eigenvalue weighted by Gasteiger charge is -2.17. The molecule has 0 spiro atoms. The molecule has 3 heteroatoms. The van der Waals surface area contributed by atoms with Gasteiger partial charge in [-0.05, 0) is 12.3 Å². The molecule has 17 heavy (non-hydrogen) atoms. The Bertz CT molecular complexity index is 174. The summed E-state index contributed by atoms with van der Waals surface area (Å²) in [6, 6.07) is 0. The second kappa shape index (κ2) is 12.1. The topological polar surface area (TPSA) is 41.5 Å². The van der Waals surface area contributed by atoms with Gasteiger partial charge < -0.3 is 15.2 Å². The molecule has 0 radical (unpaired) electrons. The van der Waals surface area contributed by atoms with Crippen LogP contribution in [0.2, 0.25) is 0 Å². The number of hydrogen-bond acceptors (Lipinski definition) is 3. The first-order chi connectivity index (χ1) is 8.24. The molecule has 0 saturated heterocycles. The first-order valence-electron chi connectivity index (χ1n) is 6.81. The lowest BCUT2D eigenvalue weighted by atomic mass is 10.0. The summed E-state index contributed by atoms with van der Waals surface area (Å²) in [5.74, 6) is 0.642. The summed E-state index contributed by atoms with van der Waals surface area (Å²) in [5, 5.41) is 12.7. The molecule has 0 aliphatic rings. The fourth-order valence-corrected chi connectivity index (χ4v) is 1.68. The largest absolute Gasteiger partial charge is 0.389 e. The summed E-state index contributed by atoms with van der Waals surface area (Å²) in [6.07, 6.45) is 6.27. The van der Waals surface area contributed by atoms with Crippen LogP contribution in [0.5, 0.6) is 0 Å². The smallest absolute Gasteiger partial charge is 0.0897 e. The van der Waals surface area contributed by atoms with Crippen molar-refractivity contribution in [2.24, 2.45) is 5.92 Å². The minimum Gasteiger partial charge on any atom is -0.389 e. The maximum absolute atomic E-state index is 9.62. The molecule has 2 N–H and O–H groups in total. The van der Waals surface area contributed by atoms with Crippen LogP contribution in [-0.4, -0.2) is 37.5 Å². The predicted molar refractivity (Wildman–Crippen MR) is 73.2 cm³/mol. The molecule has 0 bridgehead atoms. The lowest BCUT2D eigenvalue weighted by molar-refractivity contribution is 0.0197. The van der Waals surface area contributed by atoms with E-state index in [1.807, 2.05) is 0 Å². The Morgan fingerprint density at radius 2 is 2.12 bits per heavy atom. The van der Waals surface area contributed by atoms with Gasteiger partial charge in [0.25, 0.3) is 0 Å². The second-order valence-corrected chi connectivity index (χ2v) is 4.55. The molecule has 0 fully saturated rings. The van der Waals surface area contributed by atoms with E-state index >= 15 is 0 Å². The number of aliphatic hydroxyl groups is 1. The molecule has 102 valence electrons. The van der Waals surface area contributed by atoms with Crippen molar-refractivity contribution in [3.8, 4) is 0 Å². The van der Waals surface area contributed by atoms with Gasteiger partial charge in [-0.2, -0.15) is 0 Å². The minimum absolute atomic E-state index is 0.418. The fourth-order valence-electron chi connectivity index (χ4n) is 1.68. The highest BCUT2D eigenvalue weighted by Gasteiger charge is 2.08. The van der Waals surface area contributed by atoms with Gasteiger partial charge >= 0.3 is 0 Å². The first kappa shape index (κ1) is 16.6. The van der Waals surface area contributed by atoms with Crippen LogP contribution in [0.4, 0.5) is 0 Å². The lowest BCUT2D eigenvalue weighted by Crippen LogP contribution is -2.31. The predicted octanol–water partition coefficient (Wildman–Crippen LogP) is 2.36. The highest BCUT2D eigenvalue weighted by Crippen LogP contribution is 2.12. The Labute approximate surface area is 106 Å². The van der Waals surface area contributed by atoms with Gasteiger partial charge in [-0.15, -0.1) is 6.58 Å². The van der Waals surface area contributed by atoms with E-state index < -0.39 is 6.10 Å². The van der Waals surface area contributed by atoms with Crippen LogP contribution in [0.15, 0.2) is 12.7 Å². The SMILES string of the molecule is C=CCNCC(O)COCC(CC)CCCC. The number of aliphatic hydroxyl groups excluding tert-OH is 1. The second-order valence-electron chi connectivity index (χ2n) is 4.55. The molecule has 0 aliphatic carbocycles. The molecule has 2 atom stereocenters. The number of unbranched alkanes of at least 4 members (excludes halogenated alkanes) is 1. The zero-order valence-corrected chi connectivity index (χ0v) is 11.5. The van der Waals surface area contributed by atoms with Gasteiger partial charge in [-0.3, -0.25) is 0 Å². The Balaban J connectivity index is 3.48. The third-order valence-corrected chi connectivity index (χ3v) is 2.88. The zero-order chi connectivity index (χ0) is 12.9. The van der Waals surface area contributed by atoms with E-state index in [2.05, 4.69) is 25.7 Å². The van der Waals surface area contributed by atoms with Crippen molar-refractivity contribution in [3.63, 3.8) is 0 Å². The molecular weight excluding hydrogens is 214 g/mol. The van der Waals surface area contributed by atoms with E-state index in [9.17, 15) is 5.11 Å². The molecule has 3 nitrogen and oxygen atoms in total. The van der Waals surface area contributed by atoms with Gasteiger partial charge in [-0.1, -0.05) is 39.2 Å². The summed E-state index contributed by atoms with van der Waals surface area (Å²) < 4.78 is 5.56. The van der Waals surface area contributed by atoms with Gasteiger partial charge in [0.15, 0.2) is 0 Å². The van der Waals surface area contributed by atoms with Crippen molar-refractivity contribution in [3.05, 3.63) is 12.7 Å². The quantitative estimate of drug-likeness (QED) is 0.408. The van der Waals surface area contributed by atoms with Crippen molar-refractivity contribution < 1.29 is 9.84 Å². The van der Waals surface area contributed by atoms with Gasteiger partial charge in [0.05, 0.1) is 12.7 Å². The van der Waals surface area contributed by atoms with Crippen LogP contribution in [0.3, 0.4) is 0 Å². The summed E-state index contributed by atoms with van der Waals surface area (Å²) in [7, 11) is 0. The van der Waals surface area contributed by atoms with Gasteiger partial charge in [-0.25, -0.2) is 0 Å². The van der Waals surface area contributed by atoms with E-state index in [1.54, 1.807) is 6.08 Å². The standard InChI is InChI=1S/C14H29NO2/c1-4-7-8-13(6-3)11-17-12-14(16)10-15-9-5-2/h5,13-16H,2,4,6-12H2,1,3H3. The highest BCUT2D eigenvalue weighted by molar-refractivity contribution is 4.71. The number of ether oxygens (including phenoxy) is 1. The van der Waals surface area contributed by atoms with Crippen molar-refractivity contribution in [1.29, 1.82) is 0 Å². The van der Waals surface area contributed by atoms with E-state index in [0.717, 1.165) is 19.6 Å². The number of nitrogens with one attached hydrogen (secondary N) is 1. The average Bonchev–Trinajstić information content (AvgIpc) is 2.34. The summed E-state index contributed by atoms with van der Waals surface area (Å²) in [4.78, 5) is 0. The van der Waals surface area contributed by atoms with E-state index in [4.69, 9.17) is 4.74 Å². The molecule has 2 unspecified atom stereocenters. The monoisotopic (exact) mass is 243 g/mol. The van der Waals surface area contributed by atoms with E-state index in [-0.39, 0.29) is 0 Å². The summed E-state index contributed by atoms with van der Waals surface area (Å²) >= 11 is 0. The molecule has 0 rings (SSSR count). The maximum Gasteiger partial charge on any atom is 0.0897 e. The third-order valence-electron chi connectivity index (χ3n) is 2.88. The molecule has 0 aromatic heterocycles. The fraction of sp³-hybridized carbons (Fsp3) is 0.857. The summed E-state index contributed by atoms with van der Waals surface area (Å²) in [5.41, 5.74) is 0. The zero-order valence-electron chi connectivity index (χ0n) is 11.5. The van der Waals surface area contributed by atoms with Gasteiger partial charge in [0.2, 0.25) is 0 Å². The van der Waals surface area contributed by atoms with E-state index in [0.29, 0.717) is 19.1 Å². The maximum atomic E-state index is 9.62. The molecular formula is C14H29NO2. The molecule has 0 heterocycles. The number of hydrogen-bond donors (Lipinski definition) is 2. The van der Waals surface area contributed by atoms with E-state index in [1.165, 1.54) is 19.3 Å². The average molecular weight is 243 g/mol. The van der Waals surface area contributed by atoms with Gasteiger partial charge in [0.1, 0.15) is 0 Å².